The first-order valence-electron chi connectivity index (χ1n) is 8.19. The maximum atomic E-state index is 12.8. The summed E-state index contributed by atoms with van der Waals surface area (Å²) in [5.74, 6) is -0.800. The van der Waals surface area contributed by atoms with Gasteiger partial charge in [0.05, 0.1) is 36.3 Å². The number of benzene rings is 1. The number of hydrogen-bond acceptors (Lipinski definition) is 5. The third-order valence-corrected chi connectivity index (χ3v) is 7.20. The summed E-state index contributed by atoms with van der Waals surface area (Å²) < 4.78 is 28.6. The average molecular weight is 433 g/mol. The molecule has 0 spiro atoms. The molecule has 0 bridgehead atoms. The normalized spacial score (nSPS) is 24.7. The molecule has 2 aliphatic heterocycles. The van der Waals surface area contributed by atoms with E-state index in [1.165, 1.54) is 12.0 Å². The van der Waals surface area contributed by atoms with Gasteiger partial charge in [-0.2, -0.15) is 0 Å². The van der Waals surface area contributed by atoms with E-state index in [2.05, 4.69) is 5.32 Å². The number of carbonyl (C=O) groups excluding carboxylic acids is 2. The Labute approximate surface area is 167 Å². The van der Waals surface area contributed by atoms with Gasteiger partial charge in [-0.05, 0) is 25.5 Å². The number of hydrogen-bond donors (Lipinski definition) is 1. The van der Waals surface area contributed by atoms with Crippen LogP contribution >= 0.6 is 23.2 Å². The van der Waals surface area contributed by atoms with Crippen molar-refractivity contribution >= 4 is 45.0 Å². The van der Waals surface area contributed by atoms with Gasteiger partial charge in [-0.3, -0.25) is 4.90 Å². The van der Waals surface area contributed by atoms with Crippen molar-refractivity contribution in [1.29, 1.82) is 0 Å². The number of nitrogens with one attached hydrogen (secondary N) is 1. The van der Waals surface area contributed by atoms with Gasteiger partial charge in [-0.1, -0.05) is 29.3 Å². The Hall–Kier alpha value is -1.77. The Balaban J connectivity index is 2.13. The Bertz CT molecular complexity index is 924. The minimum Gasteiger partial charge on any atom is -0.466 e. The van der Waals surface area contributed by atoms with Crippen LogP contribution in [0.5, 0.6) is 0 Å². The molecule has 1 aromatic rings. The highest BCUT2D eigenvalue weighted by Gasteiger charge is 2.43. The van der Waals surface area contributed by atoms with E-state index < -0.39 is 33.9 Å². The Morgan fingerprint density at radius 2 is 1.93 bits per heavy atom. The molecular formula is C17H18Cl2N2O5S. The van der Waals surface area contributed by atoms with Gasteiger partial charge in [0.25, 0.3) is 0 Å². The second kappa shape index (κ2) is 7.33. The van der Waals surface area contributed by atoms with E-state index in [-0.39, 0.29) is 17.1 Å². The molecule has 0 aromatic heterocycles. The molecule has 1 aromatic carbocycles. The lowest BCUT2D eigenvalue weighted by Gasteiger charge is -2.38. The number of halogens is 2. The van der Waals surface area contributed by atoms with Gasteiger partial charge in [-0.15, -0.1) is 0 Å². The number of esters is 1. The smallest absolute Gasteiger partial charge is 0.337 e. The number of sulfone groups is 1. The minimum atomic E-state index is -3.22. The van der Waals surface area contributed by atoms with Crippen LogP contribution in [-0.4, -0.2) is 50.0 Å². The van der Waals surface area contributed by atoms with Crippen LogP contribution in [-0.2, 0) is 19.4 Å². The minimum absolute atomic E-state index is 0.00204. The van der Waals surface area contributed by atoms with E-state index in [0.717, 1.165) is 0 Å². The number of urea groups is 1. The number of nitrogens with zero attached hydrogens (tertiary/aromatic N) is 1. The highest BCUT2D eigenvalue weighted by Crippen LogP contribution is 2.39. The van der Waals surface area contributed by atoms with Crippen molar-refractivity contribution in [1.82, 2.24) is 10.2 Å². The summed E-state index contributed by atoms with van der Waals surface area (Å²) in [6.45, 7) is 1.59. The second-order valence-electron chi connectivity index (χ2n) is 6.44. The lowest BCUT2D eigenvalue weighted by Crippen LogP contribution is -2.52. The SMILES string of the molecule is COC(=O)C1=C(C)N([C@@H]2CCS(=O)(=O)C2)C(=O)N[C@@H]1c1c(Cl)cccc1Cl. The number of amides is 2. The van der Waals surface area contributed by atoms with Crippen molar-refractivity contribution in [3.8, 4) is 0 Å². The van der Waals surface area contributed by atoms with Crippen LogP contribution < -0.4 is 5.32 Å². The van der Waals surface area contributed by atoms with E-state index in [9.17, 15) is 18.0 Å². The topological polar surface area (TPSA) is 92.8 Å². The van der Waals surface area contributed by atoms with Crippen LogP contribution in [0.15, 0.2) is 29.5 Å². The summed E-state index contributed by atoms with van der Waals surface area (Å²) in [6.07, 6.45) is 0.305. The van der Waals surface area contributed by atoms with Crippen molar-refractivity contribution in [2.75, 3.05) is 18.6 Å². The van der Waals surface area contributed by atoms with Crippen molar-refractivity contribution in [2.24, 2.45) is 0 Å². The van der Waals surface area contributed by atoms with E-state index in [1.807, 2.05) is 0 Å². The maximum Gasteiger partial charge on any atom is 0.337 e. The number of ether oxygens (including phenoxy) is 1. The van der Waals surface area contributed by atoms with E-state index in [1.54, 1.807) is 25.1 Å². The second-order valence-corrected chi connectivity index (χ2v) is 9.48. The molecule has 10 heteroatoms. The molecule has 0 saturated carbocycles. The number of methoxy groups -OCH3 is 1. The zero-order valence-electron chi connectivity index (χ0n) is 14.7. The van der Waals surface area contributed by atoms with Crippen molar-refractivity contribution in [2.45, 2.75) is 25.4 Å². The molecule has 1 fully saturated rings. The monoisotopic (exact) mass is 432 g/mol. The number of allylic oxidation sites excluding steroid dienone is 1. The molecule has 2 aliphatic rings. The molecule has 3 rings (SSSR count). The molecule has 146 valence electrons. The van der Waals surface area contributed by atoms with Gasteiger partial charge >= 0.3 is 12.0 Å². The fourth-order valence-corrected chi connectivity index (χ4v) is 5.87. The largest absolute Gasteiger partial charge is 0.466 e. The zero-order valence-corrected chi connectivity index (χ0v) is 17.0. The Morgan fingerprint density at radius 3 is 2.44 bits per heavy atom. The van der Waals surface area contributed by atoms with E-state index in [4.69, 9.17) is 27.9 Å². The highest BCUT2D eigenvalue weighted by molar-refractivity contribution is 7.91. The van der Waals surface area contributed by atoms with Crippen molar-refractivity contribution in [3.05, 3.63) is 45.1 Å². The van der Waals surface area contributed by atoms with Gasteiger partial charge in [0, 0.05) is 21.3 Å². The number of rotatable bonds is 3. The summed E-state index contributed by atoms with van der Waals surface area (Å²) >= 11 is 12.5. The first-order chi connectivity index (χ1) is 12.7. The summed E-state index contributed by atoms with van der Waals surface area (Å²) in [6, 6.07) is 2.91. The van der Waals surface area contributed by atoms with Crippen molar-refractivity contribution in [3.63, 3.8) is 0 Å². The van der Waals surface area contributed by atoms with E-state index >= 15 is 0 Å². The van der Waals surface area contributed by atoms with Gasteiger partial charge in [0.15, 0.2) is 9.84 Å². The summed E-state index contributed by atoms with van der Waals surface area (Å²) in [4.78, 5) is 26.6. The quantitative estimate of drug-likeness (QED) is 0.740. The maximum absolute atomic E-state index is 12.8. The Morgan fingerprint density at radius 1 is 1.30 bits per heavy atom. The molecule has 1 N–H and O–H groups in total. The predicted molar refractivity (Wildman–Crippen MR) is 101 cm³/mol. The van der Waals surface area contributed by atoms with Gasteiger partial charge in [0.2, 0.25) is 0 Å². The third-order valence-electron chi connectivity index (χ3n) is 4.79. The summed E-state index contributed by atoms with van der Waals surface area (Å²) in [7, 11) is -1.99. The molecule has 1 saturated heterocycles. The highest BCUT2D eigenvalue weighted by atomic mass is 35.5. The average Bonchev–Trinajstić information content (AvgIpc) is 2.93. The molecule has 27 heavy (non-hydrogen) atoms. The molecule has 2 atom stereocenters. The molecule has 0 unspecified atom stereocenters. The first kappa shape index (κ1) is 20.0. The van der Waals surface area contributed by atoms with Crippen LogP contribution in [0.1, 0.15) is 24.9 Å². The first-order valence-corrected chi connectivity index (χ1v) is 10.8. The lowest BCUT2D eigenvalue weighted by molar-refractivity contribution is -0.136. The molecule has 0 radical (unpaired) electrons. The van der Waals surface area contributed by atoms with Crippen LogP contribution in [0, 0.1) is 0 Å². The lowest BCUT2D eigenvalue weighted by atomic mass is 9.94. The molecular weight excluding hydrogens is 415 g/mol. The molecule has 7 nitrogen and oxygen atoms in total. The van der Waals surface area contributed by atoms with Crippen LogP contribution in [0.25, 0.3) is 0 Å². The summed E-state index contributed by atoms with van der Waals surface area (Å²) in [5.41, 5.74) is 0.873. The standard InChI is InChI=1S/C17H18Cl2N2O5S/c1-9-13(16(22)26-2)15(14-11(18)4-3-5-12(14)19)20-17(23)21(9)10-6-7-27(24,25)8-10/h3-5,10,15H,6-8H2,1-2H3,(H,20,23)/t10-,15+/m1/s1. The van der Waals surface area contributed by atoms with Crippen LogP contribution in [0.4, 0.5) is 4.79 Å². The van der Waals surface area contributed by atoms with Crippen LogP contribution in [0.3, 0.4) is 0 Å². The van der Waals surface area contributed by atoms with Crippen molar-refractivity contribution < 1.29 is 22.7 Å². The molecule has 2 amide bonds. The Kier molecular flexibility index (Phi) is 5.42. The fraction of sp³-hybridized carbons (Fsp3) is 0.412. The van der Waals surface area contributed by atoms with E-state index in [0.29, 0.717) is 27.7 Å². The molecule has 2 heterocycles. The summed E-state index contributed by atoms with van der Waals surface area (Å²) in [5, 5.41) is 3.31. The molecule has 0 aliphatic carbocycles. The van der Waals surface area contributed by atoms with Crippen LogP contribution in [0.2, 0.25) is 10.0 Å². The van der Waals surface area contributed by atoms with Gasteiger partial charge in [-0.25, -0.2) is 18.0 Å². The van der Waals surface area contributed by atoms with Gasteiger partial charge < -0.3 is 10.1 Å². The number of carbonyl (C=O) groups is 2. The predicted octanol–water partition coefficient (Wildman–Crippen LogP) is 2.69. The fourth-order valence-electron chi connectivity index (χ4n) is 3.55. The third kappa shape index (κ3) is 3.66. The zero-order chi connectivity index (χ0) is 19.9. The van der Waals surface area contributed by atoms with Gasteiger partial charge in [0.1, 0.15) is 0 Å².